The molecule has 6 rings (SSSR count). The van der Waals surface area contributed by atoms with Gasteiger partial charge in [-0.15, -0.1) is 0 Å². The molecule has 0 aliphatic carbocycles. The lowest BCUT2D eigenvalue weighted by Gasteiger charge is -2.20. The molecule has 5 aromatic rings. The summed E-state index contributed by atoms with van der Waals surface area (Å²) in [4.78, 5) is 0. The van der Waals surface area contributed by atoms with Crippen molar-refractivity contribution in [2.24, 2.45) is 0 Å². The van der Waals surface area contributed by atoms with Crippen molar-refractivity contribution in [3.63, 3.8) is 0 Å². The highest BCUT2D eigenvalue weighted by Crippen LogP contribution is 2.38. The van der Waals surface area contributed by atoms with Crippen LogP contribution in [0.5, 0.6) is 0 Å². The Morgan fingerprint density at radius 2 is 0.952 bits per heavy atom. The molecular formula is C38H30ClNO2+2. The molecule has 0 radical (unpaired) electrons. The van der Waals surface area contributed by atoms with Crippen LogP contribution in [0.4, 0.5) is 0 Å². The maximum atomic E-state index is 7.19. The first kappa shape index (κ1) is 27.2. The average molecular weight is 568 g/mol. The highest BCUT2D eigenvalue weighted by atomic mass is 35.5. The van der Waals surface area contributed by atoms with Gasteiger partial charge in [-0.25, -0.2) is 8.99 Å². The molecule has 2 heterocycles. The Balaban J connectivity index is 1.65. The minimum atomic E-state index is 0.600. The number of hydrogen-bond donors (Lipinski definition) is 0. The van der Waals surface area contributed by atoms with Gasteiger partial charge in [0.15, 0.2) is 0 Å². The van der Waals surface area contributed by atoms with E-state index in [0.717, 1.165) is 62.0 Å². The molecule has 204 valence electrons. The van der Waals surface area contributed by atoms with Crippen LogP contribution in [0, 0.1) is 0 Å². The third-order valence-corrected chi connectivity index (χ3v) is 7.52. The predicted octanol–water partition coefficient (Wildman–Crippen LogP) is 9.67. The minimum Gasteiger partial charge on any atom is -0.456 e. The lowest BCUT2D eigenvalue weighted by Crippen LogP contribution is -2.12. The van der Waals surface area contributed by atoms with E-state index < -0.39 is 0 Å². The van der Waals surface area contributed by atoms with Gasteiger partial charge in [-0.3, -0.25) is 0 Å². The molecule has 1 aliphatic rings. The molecule has 0 bridgehead atoms. The molecule has 42 heavy (non-hydrogen) atoms. The predicted molar refractivity (Wildman–Crippen MR) is 174 cm³/mol. The van der Waals surface area contributed by atoms with Crippen LogP contribution in [0.1, 0.15) is 16.7 Å². The molecule has 1 aromatic heterocycles. The first-order valence-electron chi connectivity index (χ1n) is 13.8. The van der Waals surface area contributed by atoms with Gasteiger partial charge < -0.3 is 4.74 Å². The van der Waals surface area contributed by atoms with E-state index in [4.69, 9.17) is 20.8 Å². The fourth-order valence-electron chi connectivity index (χ4n) is 4.90. The number of hydrogen-bond acceptors (Lipinski definition) is 1. The second-order valence-corrected chi connectivity index (χ2v) is 10.5. The van der Waals surface area contributed by atoms with Crippen LogP contribution in [0.2, 0.25) is 0 Å². The second kappa shape index (κ2) is 12.3. The van der Waals surface area contributed by atoms with E-state index in [2.05, 4.69) is 72.8 Å². The van der Waals surface area contributed by atoms with E-state index in [1.54, 1.807) is 0 Å². The maximum absolute atomic E-state index is 7.19. The summed E-state index contributed by atoms with van der Waals surface area (Å²) in [6.45, 7) is 0. The van der Waals surface area contributed by atoms with Gasteiger partial charge in [0.2, 0.25) is 0 Å². The van der Waals surface area contributed by atoms with E-state index in [9.17, 15) is 0 Å². The standard InChI is InChI=1S/C38H30ClNO2/c1-40(2)38(39)37(31-23-33(27-15-7-3-8-16-27)41-34(24-31)28-17-9-4-10-18-28)32-25-35(29-19-11-5-12-20-29)42-36(26-32)30-21-13-6-14-22-30/h3-26H,1-2H3/q+2. The topological polar surface area (TPSA) is 23.5 Å². The Kier molecular flexibility index (Phi) is 7.94. The van der Waals surface area contributed by atoms with E-state index in [-0.39, 0.29) is 0 Å². The third-order valence-electron chi connectivity index (χ3n) is 7.00. The fourth-order valence-corrected chi connectivity index (χ4v) is 5.12. The fraction of sp³-hybridized carbons (Fsp3) is 0.0526. The first-order chi connectivity index (χ1) is 20.6. The van der Waals surface area contributed by atoms with Crippen LogP contribution in [-0.2, 0) is 4.74 Å². The van der Waals surface area contributed by atoms with Crippen LogP contribution in [0.25, 0.3) is 39.7 Å². The van der Waals surface area contributed by atoms with Crippen LogP contribution in [0.15, 0.2) is 156 Å². The Morgan fingerprint density at radius 1 is 0.571 bits per heavy atom. The summed E-state index contributed by atoms with van der Waals surface area (Å²) >= 11 is 7.19. The van der Waals surface area contributed by atoms with Gasteiger partial charge in [0.05, 0.1) is 28.8 Å². The van der Waals surface area contributed by atoms with Crippen molar-refractivity contribution in [3.05, 3.63) is 168 Å². The Morgan fingerprint density at radius 3 is 1.33 bits per heavy atom. The number of benzene rings is 4. The second-order valence-electron chi connectivity index (χ2n) is 10.2. The molecule has 0 saturated carbocycles. The number of nitrogens with zero attached hydrogens (tertiary/aromatic N) is 1. The highest BCUT2D eigenvalue weighted by molar-refractivity contribution is 6.75. The summed E-state index contributed by atoms with van der Waals surface area (Å²) in [7, 11) is 3.91. The van der Waals surface area contributed by atoms with E-state index in [1.165, 1.54) is 0 Å². The zero-order valence-electron chi connectivity index (χ0n) is 23.5. The van der Waals surface area contributed by atoms with Crippen molar-refractivity contribution >= 4 is 33.9 Å². The van der Waals surface area contributed by atoms with Crippen LogP contribution in [-0.4, -0.2) is 23.8 Å². The van der Waals surface area contributed by atoms with Crippen LogP contribution >= 0.6 is 11.6 Å². The average Bonchev–Trinajstić information content (AvgIpc) is 3.06. The molecular weight excluding hydrogens is 538 g/mol. The number of allylic oxidation sites excluding steroid dienone is 4. The Bertz CT molecular complexity index is 1720. The number of ether oxygens (including phenoxy) is 1. The van der Waals surface area contributed by atoms with Gasteiger partial charge in [-0.05, 0) is 53.6 Å². The van der Waals surface area contributed by atoms with E-state index in [0.29, 0.717) is 5.17 Å². The summed E-state index contributed by atoms with van der Waals surface area (Å²) < 4.78 is 14.9. The Labute approximate surface area is 251 Å². The van der Waals surface area contributed by atoms with E-state index in [1.807, 2.05) is 91.5 Å². The summed E-state index contributed by atoms with van der Waals surface area (Å²) in [5, 5.41) is 0.600. The molecule has 0 saturated heterocycles. The molecule has 0 spiro atoms. The van der Waals surface area contributed by atoms with Gasteiger partial charge in [0, 0.05) is 16.7 Å². The molecule has 0 N–H and O–H groups in total. The van der Waals surface area contributed by atoms with Crippen LogP contribution < -0.4 is 0 Å². The van der Waals surface area contributed by atoms with Crippen molar-refractivity contribution < 1.29 is 13.7 Å². The van der Waals surface area contributed by atoms with Crippen molar-refractivity contribution in [1.82, 2.24) is 0 Å². The molecule has 0 unspecified atom stereocenters. The summed E-state index contributed by atoms with van der Waals surface area (Å²) in [6, 6.07) is 44.7. The molecule has 0 amide bonds. The van der Waals surface area contributed by atoms with Crippen molar-refractivity contribution in [3.8, 4) is 22.6 Å². The van der Waals surface area contributed by atoms with Crippen molar-refractivity contribution in [2.75, 3.05) is 14.1 Å². The van der Waals surface area contributed by atoms with E-state index >= 15 is 0 Å². The smallest absolute Gasteiger partial charge is 0.361 e. The summed E-state index contributed by atoms with van der Waals surface area (Å²) in [5.74, 6) is 3.00. The number of rotatable bonds is 6. The van der Waals surface area contributed by atoms with Gasteiger partial charge in [-0.2, -0.15) is 0 Å². The molecule has 4 heteroatoms. The third kappa shape index (κ3) is 5.88. The maximum Gasteiger partial charge on any atom is 0.361 e. The van der Waals surface area contributed by atoms with Crippen molar-refractivity contribution in [2.45, 2.75) is 0 Å². The lowest BCUT2D eigenvalue weighted by atomic mass is 9.94. The normalized spacial score (nSPS) is 12.6. The molecule has 1 aliphatic heterocycles. The largest absolute Gasteiger partial charge is 0.456 e. The zero-order valence-corrected chi connectivity index (χ0v) is 24.3. The monoisotopic (exact) mass is 567 g/mol. The van der Waals surface area contributed by atoms with Crippen LogP contribution in [0.3, 0.4) is 0 Å². The Hall–Kier alpha value is -4.99. The molecule has 3 nitrogen and oxygen atoms in total. The molecule has 0 fully saturated rings. The molecule has 4 aromatic carbocycles. The van der Waals surface area contributed by atoms with Gasteiger partial charge in [-0.1, -0.05) is 97.1 Å². The van der Waals surface area contributed by atoms with Crippen molar-refractivity contribution in [1.29, 1.82) is 0 Å². The molecule has 0 atom stereocenters. The van der Waals surface area contributed by atoms with Gasteiger partial charge in [0.1, 0.15) is 25.6 Å². The quantitative estimate of drug-likeness (QED) is 0.116. The summed E-state index contributed by atoms with van der Waals surface area (Å²) in [5.41, 5.74) is 6.66. The lowest BCUT2D eigenvalue weighted by molar-refractivity contribution is -0.460. The minimum absolute atomic E-state index is 0.600. The summed E-state index contributed by atoms with van der Waals surface area (Å²) in [6.07, 6.45) is 4.13. The van der Waals surface area contributed by atoms with Gasteiger partial charge in [0.25, 0.3) is 5.17 Å². The van der Waals surface area contributed by atoms with Gasteiger partial charge >= 0.3 is 11.5 Å². The number of halogens is 1. The SMILES string of the molecule is C[N+](C)=C(Cl)C(=C1C=C(c2ccccc2)OC(c2ccccc2)=C1)c1cc(-c2ccccc2)[o+]c(-c2ccccc2)c1. The highest BCUT2D eigenvalue weighted by Gasteiger charge is 2.28. The first-order valence-corrected chi connectivity index (χ1v) is 14.2. The zero-order chi connectivity index (χ0) is 28.9.